The van der Waals surface area contributed by atoms with E-state index in [1.54, 1.807) is 11.3 Å². The number of aryl methyl sites for hydroxylation is 1. The number of hydrogen-bond donors (Lipinski definition) is 0. The molecule has 2 aromatic heterocycles. The van der Waals surface area contributed by atoms with Crippen molar-refractivity contribution in [1.82, 2.24) is 14.3 Å². The first-order valence-electron chi connectivity index (χ1n) is 10.8. The highest BCUT2D eigenvalue weighted by atomic mass is 32.1. The van der Waals surface area contributed by atoms with Gasteiger partial charge in [-0.2, -0.15) is 0 Å². The molecule has 5 heteroatoms. The number of Topliss-reactive ketones (excluding diaryl/α,β-unsaturated/α-hetero) is 1. The van der Waals surface area contributed by atoms with Gasteiger partial charge in [-0.05, 0) is 63.7 Å². The van der Waals surface area contributed by atoms with Crippen LogP contribution >= 0.6 is 11.3 Å². The van der Waals surface area contributed by atoms with E-state index in [9.17, 15) is 4.79 Å². The highest BCUT2D eigenvalue weighted by Crippen LogP contribution is 2.30. The van der Waals surface area contributed by atoms with Gasteiger partial charge in [-0.25, -0.2) is 4.98 Å². The Bertz CT molecular complexity index is 1170. The zero-order valence-electron chi connectivity index (χ0n) is 18.0. The molecule has 0 aliphatic rings. The van der Waals surface area contributed by atoms with Crippen LogP contribution in [0.2, 0.25) is 0 Å². The van der Waals surface area contributed by atoms with Crippen molar-refractivity contribution in [2.24, 2.45) is 0 Å². The highest BCUT2D eigenvalue weighted by Gasteiger charge is 2.13. The Kier molecular flexibility index (Phi) is 6.30. The number of fused-ring (bicyclic) bond motifs is 3. The topological polar surface area (TPSA) is 37.6 Å². The van der Waals surface area contributed by atoms with Crippen LogP contribution in [0.25, 0.3) is 26.4 Å². The number of carbonyl (C=O) groups excluding carboxylic acids is 1. The summed E-state index contributed by atoms with van der Waals surface area (Å²) in [7, 11) is 0. The van der Waals surface area contributed by atoms with Gasteiger partial charge in [-0.3, -0.25) is 9.20 Å². The first-order chi connectivity index (χ1) is 14.6. The summed E-state index contributed by atoms with van der Waals surface area (Å²) < 4.78 is 3.25. The van der Waals surface area contributed by atoms with Crippen LogP contribution < -0.4 is 0 Å². The van der Waals surface area contributed by atoms with Crippen LogP contribution in [0.15, 0.2) is 48.7 Å². The van der Waals surface area contributed by atoms with E-state index in [2.05, 4.69) is 66.6 Å². The van der Waals surface area contributed by atoms with Gasteiger partial charge in [-0.15, -0.1) is 0 Å². The second-order valence-corrected chi connectivity index (χ2v) is 8.85. The molecule has 0 N–H and O–H groups in total. The Hall–Kier alpha value is -2.50. The van der Waals surface area contributed by atoms with Crippen molar-refractivity contribution in [2.45, 2.75) is 40.0 Å². The number of ketones is 1. The van der Waals surface area contributed by atoms with E-state index < -0.39 is 0 Å². The average Bonchev–Trinajstić information content (AvgIpc) is 3.31. The van der Waals surface area contributed by atoms with Gasteiger partial charge < -0.3 is 4.90 Å². The van der Waals surface area contributed by atoms with Crippen LogP contribution in [-0.2, 0) is 0 Å². The van der Waals surface area contributed by atoms with Gasteiger partial charge >= 0.3 is 0 Å². The summed E-state index contributed by atoms with van der Waals surface area (Å²) in [5.74, 6) is 0.239. The van der Waals surface area contributed by atoms with Crippen LogP contribution in [0, 0.1) is 6.92 Å². The molecule has 0 atom stereocenters. The quantitative estimate of drug-likeness (QED) is 0.239. The number of thiazole rings is 1. The number of rotatable bonds is 9. The maximum atomic E-state index is 12.7. The molecule has 4 nitrogen and oxygen atoms in total. The molecule has 0 aliphatic heterocycles. The Morgan fingerprint density at radius 3 is 2.70 bits per heavy atom. The largest absolute Gasteiger partial charge is 0.304 e. The van der Waals surface area contributed by atoms with Crippen LogP contribution in [0.3, 0.4) is 0 Å². The molecular weight excluding hydrogens is 390 g/mol. The molecule has 4 aromatic rings. The molecule has 2 aromatic carbocycles. The van der Waals surface area contributed by atoms with Gasteiger partial charge in [0.05, 0.1) is 15.9 Å². The van der Waals surface area contributed by atoms with Crippen molar-refractivity contribution < 1.29 is 4.79 Å². The van der Waals surface area contributed by atoms with Crippen molar-refractivity contribution in [3.05, 3.63) is 59.8 Å². The molecule has 30 heavy (non-hydrogen) atoms. The van der Waals surface area contributed by atoms with Crippen LogP contribution in [0.1, 0.15) is 49.0 Å². The van der Waals surface area contributed by atoms with E-state index in [-0.39, 0.29) is 5.78 Å². The van der Waals surface area contributed by atoms with Crippen molar-refractivity contribution in [3.8, 4) is 11.3 Å². The Labute approximate surface area is 182 Å². The number of nitrogens with zero attached hydrogens (tertiary/aromatic N) is 3. The SMILES string of the molecule is CCN(CC)CCCCC(=O)c1ccc2c(c1)sc1nc(-c3cccc(C)c3)cn12. The van der Waals surface area contributed by atoms with E-state index in [4.69, 9.17) is 4.98 Å². The van der Waals surface area contributed by atoms with E-state index in [0.717, 1.165) is 64.5 Å². The molecule has 0 unspecified atom stereocenters. The fourth-order valence-corrected chi connectivity index (χ4v) is 4.97. The number of benzene rings is 2. The van der Waals surface area contributed by atoms with E-state index >= 15 is 0 Å². The van der Waals surface area contributed by atoms with Crippen molar-refractivity contribution in [2.75, 3.05) is 19.6 Å². The fourth-order valence-electron chi connectivity index (χ4n) is 3.92. The second-order valence-electron chi connectivity index (χ2n) is 7.84. The third kappa shape index (κ3) is 4.32. The zero-order chi connectivity index (χ0) is 21.1. The van der Waals surface area contributed by atoms with Crippen molar-refractivity contribution >= 4 is 32.3 Å². The summed E-state index contributed by atoms with van der Waals surface area (Å²) in [4.78, 5) is 20.9. The Morgan fingerprint density at radius 2 is 1.93 bits per heavy atom. The highest BCUT2D eigenvalue weighted by molar-refractivity contribution is 7.23. The molecule has 0 saturated heterocycles. The van der Waals surface area contributed by atoms with E-state index in [0.29, 0.717) is 6.42 Å². The number of carbonyl (C=O) groups is 1. The fraction of sp³-hybridized carbons (Fsp3) is 0.360. The molecule has 156 valence electrons. The third-order valence-corrected chi connectivity index (χ3v) is 6.77. The Morgan fingerprint density at radius 1 is 1.10 bits per heavy atom. The molecule has 0 fully saturated rings. The second kappa shape index (κ2) is 9.11. The predicted molar refractivity (Wildman–Crippen MR) is 127 cm³/mol. The van der Waals surface area contributed by atoms with Crippen molar-refractivity contribution in [3.63, 3.8) is 0 Å². The Balaban J connectivity index is 1.48. The lowest BCUT2D eigenvalue weighted by Gasteiger charge is -2.17. The lowest BCUT2D eigenvalue weighted by Crippen LogP contribution is -2.24. The first-order valence-corrected chi connectivity index (χ1v) is 11.6. The van der Waals surface area contributed by atoms with Gasteiger partial charge in [0.15, 0.2) is 10.7 Å². The van der Waals surface area contributed by atoms with Gasteiger partial charge in [0, 0.05) is 23.7 Å². The van der Waals surface area contributed by atoms with Crippen LogP contribution in [-0.4, -0.2) is 39.7 Å². The lowest BCUT2D eigenvalue weighted by molar-refractivity contribution is 0.0978. The summed E-state index contributed by atoms with van der Waals surface area (Å²) in [6.45, 7) is 9.70. The minimum absolute atomic E-state index is 0.239. The van der Waals surface area contributed by atoms with E-state index in [1.807, 2.05) is 12.1 Å². The van der Waals surface area contributed by atoms with Crippen molar-refractivity contribution in [1.29, 1.82) is 0 Å². The normalized spacial score (nSPS) is 11.7. The lowest BCUT2D eigenvalue weighted by atomic mass is 10.1. The zero-order valence-corrected chi connectivity index (χ0v) is 18.8. The minimum atomic E-state index is 0.239. The van der Waals surface area contributed by atoms with Gasteiger partial charge in [0.25, 0.3) is 0 Å². The number of unbranched alkanes of at least 4 members (excludes halogenated alkanes) is 1. The summed E-state index contributed by atoms with van der Waals surface area (Å²) in [5.41, 5.74) is 5.28. The smallest absolute Gasteiger partial charge is 0.195 e. The van der Waals surface area contributed by atoms with E-state index in [1.165, 1.54) is 5.56 Å². The number of hydrogen-bond acceptors (Lipinski definition) is 4. The summed E-state index contributed by atoms with van der Waals surface area (Å²) >= 11 is 1.64. The molecule has 0 radical (unpaired) electrons. The molecular formula is C25H29N3OS. The number of aromatic nitrogens is 2. The first kappa shape index (κ1) is 20.8. The molecule has 0 spiro atoms. The molecule has 4 rings (SSSR count). The molecule has 0 amide bonds. The van der Waals surface area contributed by atoms with Gasteiger partial charge in [0.1, 0.15) is 0 Å². The third-order valence-electron chi connectivity index (χ3n) is 5.75. The average molecular weight is 420 g/mol. The standard InChI is InChI=1S/C25H29N3OS/c1-4-27(5-2)14-7-6-11-23(29)20-12-13-22-24(16-20)30-25-26-21(17-28(22)25)19-10-8-9-18(3)15-19/h8-10,12-13,15-17H,4-7,11,14H2,1-3H3. The van der Waals surface area contributed by atoms with Gasteiger partial charge in [0.2, 0.25) is 0 Å². The molecule has 0 saturated carbocycles. The van der Waals surface area contributed by atoms with Crippen LogP contribution in [0.4, 0.5) is 0 Å². The van der Waals surface area contributed by atoms with Crippen LogP contribution in [0.5, 0.6) is 0 Å². The maximum Gasteiger partial charge on any atom is 0.195 e. The maximum absolute atomic E-state index is 12.7. The minimum Gasteiger partial charge on any atom is -0.304 e. The summed E-state index contributed by atoms with van der Waals surface area (Å²) in [6.07, 6.45) is 4.73. The van der Waals surface area contributed by atoms with Gasteiger partial charge in [-0.1, -0.05) is 48.9 Å². The molecule has 0 bridgehead atoms. The monoisotopic (exact) mass is 419 g/mol. The predicted octanol–water partition coefficient (Wildman–Crippen LogP) is 6.22. The summed E-state index contributed by atoms with van der Waals surface area (Å²) in [6, 6.07) is 14.5. The number of imidazole rings is 1. The molecule has 2 heterocycles. The summed E-state index contributed by atoms with van der Waals surface area (Å²) in [5, 5.41) is 0. The molecule has 0 aliphatic carbocycles.